The predicted molar refractivity (Wildman–Crippen MR) is 200 cm³/mol. The fourth-order valence-electron chi connectivity index (χ4n) is 8.49. The van der Waals surface area contributed by atoms with E-state index in [4.69, 9.17) is 9.97 Å². The van der Waals surface area contributed by atoms with E-state index in [0.29, 0.717) is 17.4 Å². The number of hydrogen-bond donors (Lipinski definition) is 2. The van der Waals surface area contributed by atoms with Gasteiger partial charge in [0.25, 0.3) is 0 Å². The highest BCUT2D eigenvalue weighted by atomic mass is 19.1. The van der Waals surface area contributed by atoms with Gasteiger partial charge < -0.3 is 20.1 Å². The standard InChI is InChI=1S/C32H36FN7O.C9H18/c1-4-20-13-22(14-20)40-28-15-21(5-6-23(28)32(31(40)41)8-11-34-12-9-32)26-16-27-29(39(18-36-27)19(2)3)30(38-26)37-25-7-10-35-17-24(25)33;1-3-5-6-9(4-2)7-8-9/h5-7,10,15-20,22,34H,4,8-9,11-14H2,1-3H3,(H,35,37,38);3-8H2,1-2H3. The monoisotopic (exact) mass is 679 g/mol. The average Bonchev–Trinajstić information content (AvgIpc) is 3.71. The fraction of sp³-hybridized carbons (Fsp3) is 0.561. The molecule has 0 radical (unpaired) electrons. The van der Waals surface area contributed by atoms with Crippen LogP contribution in [0.1, 0.15) is 117 Å². The highest BCUT2D eigenvalue weighted by Crippen LogP contribution is 2.53. The fourth-order valence-corrected chi connectivity index (χ4v) is 8.49. The zero-order chi connectivity index (χ0) is 35.0. The number of amides is 1. The number of aromatic nitrogens is 4. The van der Waals surface area contributed by atoms with Crippen molar-refractivity contribution in [2.75, 3.05) is 23.3 Å². The Morgan fingerprint density at radius 1 is 1.06 bits per heavy atom. The molecule has 1 aromatic carbocycles. The van der Waals surface area contributed by atoms with E-state index >= 15 is 0 Å². The second-order valence-electron chi connectivity index (χ2n) is 15.5. The first-order valence-corrected chi connectivity index (χ1v) is 19.2. The van der Waals surface area contributed by atoms with Crippen LogP contribution in [0.4, 0.5) is 21.6 Å². The van der Waals surface area contributed by atoms with Crippen molar-refractivity contribution in [1.29, 1.82) is 0 Å². The molecule has 0 atom stereocenters. The molecule has 2 aliphatic heterocycles. The number of benzene rings is 1. The molecule has 0 unspecified atom stereocenters. The molecule has 2 N–H and O–H groups in total. The molecule has 2 aliphatic carbocycles. The van der Waals surface area contributed by atoms with Crippen LogP contribution in [0.5, 0.6) is 0 Å². The van der Waals surface area contributed by atoms with Gasteiger partial charge in [-0.05, 0) is 107 Å². The van der Waals surface area contributed by atoms with Gasteiger partial charge in [0.2, 0.25) is 5.91 Å². The molecule has 8 rings (SSSR count). The summed E-state index contributed by atoms with van der Waals surface area (Å²) >= 11 is 0. The summed E-state index contributed by atoms with van der Waals surface area (Å²) in [7, 11) is 0. The van der Waals surface area contributed by atoms with Crippen LogP contribution in [-0.4, -0.2) is 44.6 Å². The lowest BCUT2D eigenvalue weighted by Crippen LogP contribution is -2.52. The normalized spacial score (nSPS) is 21.6. The van der Waals surface area contributed by atoms with Crippen LogP contribution in [0.25, 0.3) is 22.3 Å². The number of nitrogens with one attached hydrogen (secondary N) is 2. The molecule has 1 saturated heterocycles. The van der Waals surface area contributed by atoms with Crippen LogP contribution in [0.3, 0.4) is 0 Å². The van der Waals surface area contributed by atoms with Gasteiger partial charge >= 0.3 is 0 Å². The summed E-state index contributed by atoms with van der Waals surface area (Å²) in [5.41, 5.74) is 6.10. The van der Waals surface area contributed by atoms with Crippen LogP contribution in [-0.2, 0) is 10.2 Å². The molecular formula is C41H54FN7O. The lowest BCUT2D eigenvalue weighted by molar-refractivity contribution is -0.125. The molecule has 3 fully saturated rings. The number of imidazole rings is 1. The van der Waals surface area contributed by atoms with E-state index in [1.165, 1.54) is 44.7 Å². The average molecular weight is 680 g/mol. The number of carbonyl (C=O) groups is 1. The third-order valence-corrected chi connectivity index (χ3v) is 12.2. The van der Waals surface area contributed by atoms with Gasteiger partial charge in [0, 0.05) is 29.5 Å². The molecule has 5 heterocycles. The van der Waals surface area contributed by atoms with E-state index in [9.17, 15) is 9.18 Å². The second kappa shape index (κ2) is 14.0. The van der Waals surface area contributed by atoms with E-state index in [2.05, 4.69) is 73.3 Å². The number of halogens is 1. The molecule has 4 aliphatic rings. The highest BCUT2D eigenvalue weighted by Gasteiger charge is 2.54. The Morgan fingerprint density at radius 2 is 1.84 bits per heavy atom. The van der Waals surface area contributed by atoms with E-state index in [1.54, 1.807) is 18.6 Å². The summed E-state index contributed by atoms with van der Waals surface area (Å²) in [5.74, 6) is 1.03. The van der Waals surface area contributed by atoms with Gasteiger partial charge in [-0.2, -0.15) is 0 Å². The Labute approximate surface area is 296 Å². The zero-order valence-electron chi connectivity index (χ0n) is 30.6. The van der Waals surface area contributed by atoms with Gasteiger partial charge in [0.05, 0.1) is 34.8 Å². The van der Waals surface area contributed by atoms with Crippen molar-refractivity contribution >= 4 is 34.1 Å². The lowest BCUT2D eigenvalue weighted by atomic mass is 9.73. The number of fused-ring (bicyclic) bond motifs is 3. The molecular weight excluding hydrogens is 625 g/mol. The number of anilines is 3. The molecule has 266 valence electrons. The number of carbonyl (C=O) groups excluding carboxylic acids is 1. The van der Waals surface area contributed by atoms with Crippen molar-refractivity contribution in [1.82, 2.24) is 24.8 Å². The lowest BCUT2D eigenvalue weighted by Gasteiger charge is -2.42. The first-order valence-electron chi connectivity index (χ1n) is 19.2. The number of pyridine rings is 2. The Kier molecular flexibility index (Phi) is 9.72. The summed E-state index contributed by atoms with van der Waals surface area (Å²) in [6.45, 7) is 12.7. The topological polar surface area (TPSA) is 88.0 Å². The van der Waals surface area contributed by atoms with Gasteiger partial charge in [0.1, 0.15) is 5.52 Å². The summed E-state index contributed by atoms with van der Waals surface area (Å²) < 4.78 is 16.7. The first kappa shape index (κ1) is 34.6. The molecule has 4 aromatic rings. The van der Waals surface area contributed by atoms with Crippen LogP contribution in [0.2, 0.25) is 0 Å². The Morgan fingerprint density at radius 3 is 2.50 bits per heavy atom. The van der Waals surface area contributed by atoms with Crippen molar-refractivity contribution in [3.8, 4) is 11.3 Å². The van der Waals surface area contributed by atoms with E-state index in [0.717, 1.165) is 84.2 Å². The smallest absolute Gasteiger partial charge is 0.238 e. The number of nitrogens with zero attached hydrogens (tertiary/aromatic N) is 5. The quantitative estimate of drug-likeness (QED) is 0.174. The zero-order valence-corrected chi connectivity index (χ0v) is 30.6. The molecule has 8 nitrogen and oxygen atoms in total. The molecule has 1 spiro atoms. The summed E-state index contributed by atoms with van der Waals surface area (Å²) in [6.07, 6.45) is 18.2. The van der Waals surface area contributed by atoms with Gasteiger partial charge in [-0.3, -0.25) is 9.78 Å². The van der Waals surface area contributed by atoms with Gasteiger partial charge in [-0.1, -0.05) is 58.6 Å². The van der Waals surface area contributed by atoms with Crippen LogP contribution in [0, 0.1) is 17.2 Å². The summed E-state index contributed by atoms with van der Waals surface area (Å²) in [5, 5.41) is 6.65. The molecule has 1 amide bonds. The van der Waals surface area contributed by atoms with Crippen LogP contribution < -0.4 is 15.5 Å². The minimum absolute atomic E-state index is 0.144. The number of unbranched alkanes of at least 4 members (excludes halogenated alkanes) is 1. The second-order valence-corrected chi connectivity index (χ2v) is 15.5. The van der Waals surface area contributed by atoms with Crippen LogP contribution >= 0.6 is 0 Å². The van der Waals surface area contributed by atoms with E-state index in [1.807, 2.05) is 10.6 Å². The highest BCUT2D eigenvalue weighted by molar-refractivity contribution is 6.09. The Bertz CT molecular complexity index is 1830. The van der Waals surface area contributed by atoms with Gasteiger partial charge in [0.15, 0.2) is 11.6 Å². The number of rotatable bonds is 10. The maximum absolute atomic E-state index is 14.6. The van der Waals surface area contributed by atoms with Crippen molar-refractivity contribution in [2.45, 2.75) is 123 Å². The third kappa shape index (κ3) is 6.31. The van der Waals surface area contributed by atoms with Crippen LogP contribution in [0.15, 0.2) is 49.1 Å². The maximum atomic E-state index is 14.6. The molecule has 2 saturated carbocycles. The molecule has 3 aromatic heterocycles. The number of piperidine rings is 1. The Balaban J connectivity index is 0.000000381. The third-order valence-electron chi connectivity index (χ3n) is 12.2. The molecule has 9 heteroatoms. The SMILES string of the molecule is CCC1CC(N2C(=O)C3(CCNCC3)c3ccc(-c4cc5ncn(C(C)C)c5c(Nc5ccncc5F)n4)cc32)C1.CCCCC1(CC)CC1. The van der Waals surface area contributed by atoms with Crippen molar-refractivity contribution in [3.05, 3.63) is 60.4 Å². The molecule has 50 heavy (non-hydrogen) atoms. The maximum Gasteiger partial charge on any atom is 0.238 e. The minimum atomic E-state index is -0.451. The Hall–Kier alpha value is -3.85. The van der Waals surface area contributed by atoms with Gasteiger partial charge in [-0.15, -0.1) is 0 Å². The number of hydrogen-bond acceptors (Lipinski definition) is 6. The summed E-state index contributed by atoms with van der Waals surface area (Å²) in [6, 6.07) is 10.4. The first-order chi connectivity index (χ1) is 24.2. The van der Waals surface area contributed by atoms with Crippen molar-refractivity contribution in [3.63, 3.8) is 0 Å². The van der Waals surface area contributed by atoms with E-state index in [-0.39, 0.29) is 18.0 Å². The molecule has 0 bridgehead atoms. The summed E-state index contributed by atoms with van der Waals surface area (Å²) in [4.78, 5) is 29.9. The predicted octanol–water partition coefficient (Wildman–Crippen LogP) is 9.48. The van der Waals surface area contributed by atoms with Crippen molar-refractivity contribution in [2.24, 2.45) is 11.3 Å². The van der Waals surface area contributed by atoms with Gasteiger partial charge in [-0.25, -0.2) is 14.4 Å². The minimum Gasteiger partial charge on any atom is -0.336 e. The largest absolute Gasteiger partial charge is 0.336 e. The van der Waals surface area contributed by atoms with Crippen molar-refractivity contribution < 1.29 is 9.18 Å². The van der Waals surface area contributed by atoms with E-state index < -0.39 is 11.2 Å².